The minimum atomic E-state index is -4.51. The molecular formula is C39H50F3N9O6. The second-order valence-electron chi connectivity index (χ2n) is 14.6. The molecule has 3 aromatic rings. The van der Waals surface area contributed by atoms with Gasteiger partial charge in [-0.2, -0.15) is 13.2 Å². The fraction of sp³-hybridized carbons (Fsp3) is 0.564. The van der Waals surface area contributed by atoms with Crippen molar-refractivity contribution in [3.05, 3.63) is 60.2 Å². The molecule has 1 aromatic carbocycles. The molecule has 15 nitrogen and oxygen atoms in total. The van der Waals surface area contributed by atoms with Crippen LogP contribution in [0.1, 0.15) is 55.7 Å². The molecule has 2 aromatic heterocycles. The first-order chi connectivity index (χ1) is 27.5. The smallest absolute Gasteiger partial charge is 0.377 e. The second kappa shape index (κ2) is 19.5. The highest BCUT2D eigenvalue weighted by Crippen LogP contribution is 2.37. The first-order valence-electron chi connectivity index (χ1n) is 19.5. The maximum atomic E-state index is 13.3. The lowest BCUT2D eigenvalue weighted by Gasteiger charge is -2.29. The van der Waals surface area contributed by atoms with Crippen LogP contribution >= 0.6 is 0 Å². The quantitative estimate of drug-likeness (QED) is 0.139. The summed E-state index contributed by atoms with van der Waals surface area (Å²) >= 11 is 0. The van der Waals surface area contributed by atoms with E-state index in [-0.39, 0.29) is 59.3 Å². The van der Waals surface area contributed by atoms with Crippen LogP contribution in [-0.4, -0.2) is 127 Å². The van der Waals surface area contributed by atoms with Gasteiger partial charge in [-0.1, -0.05) is 6.07 Å². The summed E-state index contributed by atoms with van der Waals surface area (Å²) in [4.78, 5) is 66.7. The van der Waals surface area contributed by atoms with Crippen molar-refractivity contribution in [3.8, 4) is 0 Å². The molecular weight excluding hydrogens is 747 g/mol. The topological polar surface area (TPSA) is 180 Å². The molecule has 3 fully saturated rings. The molecule has 0 bridgehead atoms. The van der Waals surface area contributed by atoms with Crippen molar-refractivity contribution in [2.75, 3.05) is 71.5 Å². The van der Waals surface area contributed by atoms with E-state index in [1.807, 2.05) is 6.07 Å². The van der Waals surface area contributed by atoms with Crippen molar-refractivity contribution in [2.45, 2.75) is 62.8 Å². The van der Waals surface area contributed by atoms with Crippen LogP contribution in [0.5, 0.6) is 0 Å². The molecule has 4 amide bonds. The zero-order valence-electron chi connectivity index (χ0n) is 31.9. The van der Waals surface area contributed by atoms with Gasteiger partial charge in [0.25, 0.3) is 0 Å². The molecule has 0 spiro atoms. The normalized spacial score (nSPS) is 22.6. The third kappa shape index (κ3) is 10.9. The number of ether oxygens (including phenoxy) is 2. The molecule has 0 unspecified atom stereocenters. The minimum Gasteiger partial charge on any atom is -0.377 e. The van der Waals surface area contributed by atoms with Gasteiger partial charge >= 0.3 is 6.18 Å². The third-order valence-electron chi connectivity index (χ3n) is 10.9. The van der Waals surface area contributed by atoms with Gasteiger partial charge in [0.05, 0.1) is 49.5 Å². The standard InChI is InChI=1S/C39H50F3N9O6/c1-50-33(52)22-30(34(50)26-3-2-11-43-23-26)37(54)46-14-18-57-20-19-56-17-13-45-36(53)25-4-7-28(8-5-25)44-12-16-51-15-10-32(38(51)55)49-35-29-21-27(39(40,41)42)6-9-31(29)47-24-48-35/h2-3,6,9,11,21,23-25,28,30,32,34,44H,4-5,7-8,10,12-20,22H2,1H3,(H,45,53)(H,46,54)(H,47,48,49)/t25?,28?,30-,32-,34+/m0/s1. The number of halogens is 3. The summed E-state index contributed by atoms with van der Waals surface area (Å²) in [5.74, 6) is -0.764. The van der Waals surface area contributed by atoms with E-state index in [0.29, 0.717) is 71.1 Å². The number of benzene rings is 1. The predicted molar refractivity (Wildman–Crippen MR) is 202 cm³/mol. The molecule has 2 saturated heterocycles. The van der Waals surface area contributed by atoms with E-state index in [1.54, 1.807) is 35.3 Å². The number of aromatic nitrogens is 3. The fourth-order valence-corrected chi connectivity index (χ4v) is 7.77. The number of likely N-dealkylation sites (tertiary alicyclic amines) is 2. The maximum Gasteiger partial charge on any atom is 0.416 e. The summed E-state index contributed by atoms with van der Waals surface area (Å²) < 4.78 is 51.1. The van der Waals surface area contributed by atoms with E-state index < -0.39 is 23.7 Å². The molecule has 1 aliphatic carbocycles. The molecule has 4 heterocycles. The average molecular weight is 798 g/mol. The zero-order chi connectivity index (χ0) is 40.4. The Morgan fingerprint density at radius 1 is 0.912 bits per heavy atom. The van der Waals surface area contributed by atoms with Crippen molar-refractivity contribution in [2.24, 2.45) is 11.8 Å². The van der Waals surface area contributed by atoms with Crippen LogP contribution in [0.2, 0.25) is 0 Å². The summed E-state index contributed by atoms with van der Waals surface area (Å²) in [6, 6.07) is 6.22. The van der Waals surface area contributed by atoms with Crippen LogP contribution in [0.3, 0.4) is 0 Å². The zero-order valence-corrected chi connectivity index (χ0v) is 31.9. The Morgan fingerprint density at radius 3 is 2.35 bits per heavy atom. The van der Waals surface area contributed by atoms with Crippen molar-refractivity contribution in [3.63, 3.8) is 0 Å². The number of hydrogen-bond acceptors (Lipinski definition) is 11. The lowest BCUT2D eigenvalue weighted by Crippen LogP contribution is -2.42. The van der Waals surface area contributed by atoms with Gasteiger partial charge < -0.3 is 40.5 Å². The minimum absolute atomic E-state index is 0.0114. The van der Waals surface area contributed by atoms with Gasteiger partial charge in [-0.05, 0) is 61.9 Å². The van der Waals surface area contributed by atoms with Crippen molar-refractivity contribution in [1.82, 2.24) is 40.7 Å². The monoisotopic (exact) mass is 797 g/mol. The van der Waals surface area contributed by atoms with Crippen molar-refractivity contribution in [1.29, 1.82) is 0 Å². The van der Waals surface area contributed by atoms with Gasteiger partial charge in [0.15, 0.2) is 0 Å². The van der Waals surface area contributed by atoms with Crippen LogP contribution in [0.25, 0.3) is 10.9 Å². The van der Waals surface area contributed by atoms with E-state index in [2.05, 4.69) is 36.2 Å². The summed E-state index contributed by atoms with van der Waals surface area (Å²) in [5, 5.41) is 12.6. The number of hydrogen-bond donors (Lipinski definition) is 4. The van der Waals surface area contributed by atoms with Gasteiger partial charge in [0.1, 0.15) is 18.2 Å². The Kier molecular flexibility index (Phi) is 14.2. The first-order valence-corrected chi connectivity index (χ1v) is 19.5. The van der Waals surface area contributed by atoms with Crippen LogP contribution in [0.4, 0.5) is 19.0 Å². The Hall–Kier alpha value is -4.94. The fourth-order valence-electron chi connectivity index (χ4n) is 7.77. The van der Waals surface area contributed by atoms with E-state index in [1.165, 1.54) is 12.4 Å². The summed E-state index contributed by atoms with van der Waals surface area (Å²) in [6.45, 7) is 3.64. The molecule has 3 atom stereocenters. The van der Waals surface area contributed by atoms with Crippen molar-refractivity contribution < 1.29 is 41.8 Å². The number of alkyl halides is 3. The number of rotatable bonds is 18. The second-order valence-corrected chi connectivity index (χ2v) is 14.6. The van der Waals surface area contributed by atoms with Crippen LogP contribution in [0.15, 0.2) is 49.1 Å². The number of nitrogens with one attached hydrogen (secondary N) is 4. The highest BCUT2D eigenvalue weighted by atomic mass is 19.4. The maximum absolute atomic E-state index is 13.3. The summed E-state index contributed by atoms with van der Waals surface area (Å²) in [7, 11) is 1.70. The van der Waals surface area contributed by atoms with Gasteiger partial charge in [-0.3, -0.25) is 24.2 Å². The van der Waals surface area contributed by atoms with E-state index in [0.717, 1.165) is 43.4 Å². The Bertz CT molecular complexity index is 1850. The number of anilines is 1. The van der Waals surface area contributed by atoms with Gasteiger partial charge in [0, 0.05) is 75.9 Å². The summed E-state index contributed by atoms with van der Waals surface area (Å²) in [5.41, 5.74) is 0.373. The van der Waals surface area contributed by atoms with E-state index >= 15 is 0 Å². The Balaban J connectivity index is 0.783. The average Bonchev–Trinajstić information content (AvgIpc) is 3.71. The van der Waals surface area contributed by atoms with E-state index in [9.17, 15) is 32.3 Å². The molecule has 1 saturated carbocycles. The lowest BCUT2D eigenvalue weighted by molar-refractivity contribution is -0.137. The predicted octanol–water partition coefficient (Wildman–Crippen LogP) is 2.69. The Labute approximate surface area is 328 Å². The lowest BCUT2D eigenvalue weighted by atomic mass is 9.85. The number of fused-ring (bicyclic) bond motifs is 1. The van der Waals surface area contributed by atoms with Gasteiger partial charge in [-0.15, -0.1) is 0 Å². The molecule has 308 valence electrons. The Morgan fingerprint density at radius 2 is 1.65 bits per heavy atom. The number of carbonyl (C=O) groups is 4. The molecule has 4 N–H and O–H groups in total. The molecule has 6 rings (SSSR count). The van der Waals surface area contributed by atoms with Gasteiger partial charge in [0.2, 0.25) is 23.6 Å². The van der Waals surface area contributed by atoms with E-state index in [4.69, 9.17) is 9.47 Å². The highest BCUT2D eigenvalue weighted by molar-refractivity contribution is 5.93. The SMILES string of the molecule is CN1C(=O)C[C@H](C(=O)NCCOCCOCCNC(=O)C2CCC(NCCN3CC[C@H](Nc4ncnc5ccc(C(F)(F)F)cc45)C3=O)CC2)[C@H]1c1cccnc1. The number of amides is 4. The van der Waals surface area contributed by atoms with Crippen LogP contribution in [0, 0.1) is 11.8 Å². The molecule has 57 heavy (non-hydrogen) atoms. The number of carbonyl (C=O) groups excluding carboxylic acids is 4. The molecule has 18 heteroatoms. The molecule has 3 aliphatic rings. The van der Waals surface area contributed by atoms with Crippen LogP contribution < -0.4 is 21.3 Å². The number of nitrogens with zero attached hydrogens (tertiary/aromatic N) is 5. The number of pyridine rings is 1. The largest absolute Gasteiger partial charge is 0.416 e. The molecule has 2 aliphatic heterocycles. The van der Waals surface area contributed by atoms with Crippen LogP contribution in [-0.2, 0) is 34.8 Å². The van der Waals surface area contributed by atoms with Crippen molar-refractivity contribution >= 4 is 40.3 Å². The first kappa shape index (κ1) is 41.7. The summed E-state index contributed by atoms with van der Waals surface area (Å²) in [6.07, 6.45) is 3.93. The third-order valence-corrected chi connectivity index (χ3v) is 10.9. The highest BCUT2D eigenvalue weighted by Gasteiger charge is 2.42. The molecule has 0 radical (unpaired) electrons. The van der Waals surface area contributed by atoms with Gasteiger partial charge in [-0.25, -0.2) is 9.97 Å².